The number of carbonyl (C=O) groups is 1. The van der Waals surface area contributed by atoms with Crippen LogP contribution in [0, 0.1) is 12.7 Å². The highest BCUT2D eigenvalue weighted by molar-refractivity contribution is 6.31. The second-order valence-electron chi connectivity index (χ2n) is 6.98. The number of aromatic hydroxyl groups is 1. The van der Waals surface area contributed by atoms with Crippen molar-refractivity contribution in [1.29, 1.82) is 0 Å². The Bertz CT molecular complexity index is 1100. The molecule has 1 atom stereocenters. The predicted octanol–water partition coefficient (Wildman–Crippen LogP) is 3.81. The van der Waals surface area contributed by atoms with Gasteiger partial charge in [-0.3, -0.25) is 9.89 Å². The van der Waals surface area contributed by atoms with Crippen LogP contribution in [-0.2, 0) is 0 Å². The average Bonchev–Trinajstić information content (AvgIpc) is 3.23. The number of rotatable bonds is 5. The third kappa shape index (κ3) is 3.16. The smallest absolute Gasteiger partial charge is 0.273 e. The van der Waals surface area contributed by atoms with Crippen molar-refractivity contribution in [2.24, 2.45) is 0 Å². The van der Waals surface area contributed by atoms with Crippen molar-refractivity contribution >= 4 is 17.5 Å². The second kappa shape index (κ2) is 7.50. The Kier molecular flexibility index (Phi) is 5.02. The van der Waals surface area contributed by atoms with E-state index in [1.807, 2.05) is 0 Å². The fraction of sp³-hybridized carbons (Fsp3) is 0.238. The quantitative estimate of drug-likeness (QED) is 0.591. The Morgan fingerprint density at radius 3 is 2.79 bits per heavy atom. The summed E-state index contributed by atoms with van der Waals surface area (Å²) in [5.41, 5.74) is 2.43. The van der Waals surface area contributed by atoms with E-state index >= 15 is 0 Å². The molecule has 3 aromatic rings. The number of aromatic nitrogens is 2. The second-order valence-corrected chi connectivity index (χ2v) is 7.39. The normalized spacial score (nSPS) is 15.8. The standard InChI is InChI=1S/C21H19ClFN3O3/c1-11-9-16(28)13(10-14(11)22)18-17-19(25-24-18)21(29)26(7-4-8-27)20(17)12-5-2-3-6-15(12)23/h2-3,5-6,9-10,20,27-28H,4,7-8H2,1H3,(H,24,25)/t20-/m0/s1. The van der Waals surface area contributed by atoms with Crippen LogP contribution in [0.2, 0.25) is 5.02 Å². The topological polar surface area (TPSA) is 89.5 Å². The van der Waals surface area contributed by atoms with Gasteiger partial charge in [-0.2, -0.15) is 5.10 Å². The highest BCUT2D eigenvalue weighted by Gasteiger charge is 2.43. The number of aryl methyl sites for hydroxylation is 1. The van der Waals surface area contributed by atoms with Crippen molar-refractivity contribution in [1.82, 2.24) is 15.1 Å². The molecular weight excluding hydrogens is 397 g/mol. The minimum atomic E-state index is -0.738. The number of hydrogen-bond donors (Lipinski definition) is 3. The number of phenolic OH excluding ortho intramolecular Hbond substituents is 1. The number of phenols is 1. The van der Waals surface area contributed by atoms with E-state index < -0.39 is 11.9 Å². The summed E-state index contributed by atoms with van der Waals surface area (Å²) >= 11 is 6.24. The SMILES string of the molecule is Cc1cc(O)c(-c2n[nH]c3c2[C@H](c2ccccc2F)N(CCCO)C3=O)cc1Cl. The summed E-state index contributed by atoms with van der Waals surface area (Å²) in [7, 11) is 0. The summed E-state index contributed by atoms with van der Waals surface area (Å²) in [6, 6.07) is 8.61. The summed E-state index contributed by atoms with van der Waals surface area (Å²) in [6.45, 7) is 1.92. The van der Waals surface area contributed by atoms with E-state index in [1.165, 1.54) is 17.0 Å². The number of amides is 1. The molecule has 8 heteroatoms. The third-order valence-electron chi connectivity index (χ3n) is 5.15. The first-order chi connectivity index (χ1) is 13.9. The Morgan fingerprint density at radius 1 is 1.31 bits per heavy atom. The first-order valence-corrected chi connectivity index (χ1v) is 9.55. The molecule has 0 saturated carbocycles. The summed E-state index contributed by atoms with van der Waals surface area (Å²) in [4.78, 5) is 14.5. The predicted molar refractivity (Wildman–Crippen MR) is 106 cm³/mol. The molecule has 0 fully saturated rings. The van der Waals surface area contributed by atoms with Gasteiger partial charge < -0.3 is 15.1 Å². The number of halogens is 2. The average molecular weight is 416 g/mol. The Balaban J connectivity index is 1.93. The van der Waals surface area contributed by atoms with Crippen LogP contribution < -0.4 is 0 Å². The molecule has 1 aliphatic heterocycles. The molecular formula is C21H19ClFN3O3. The lowest BCUT2D eigenvalue weighted by Gasteiger charge is -2.26. The molecule has 29 heavy (non-hydrogen) atoms. The van der Waals surface area contributed by atoms with Gasteiger partial charge in [0.15, 0.2) is 0 Å². The van der Waals surface area contributed by atoms with Gasteiger partial charge in [0.25, 0.3) is 5.91 Å². The van der Waals surface area contributed by atoms with Crippen molar-refractivity contribution in [2.45, 2.75) is 19.4 Å². The molecule has 2 aromatic carbocycles. The minimum Gasteiger partial charge on any atom is -0.507 e. The first-order valence-electron chi connectivity index (χ1n) is 9.18. The lowest BCUT2D eigenvalue weighted by atomic mass is 9.95. The van der Waals surface area contributed by atoms with E-state index in [2.05, 4.69) is 10.2 Å². The van der Waals surface area contributed by atoms with Gasteiger partial charge in [-0.1, -0.05) is 29.8 Å². The van der Waals surface area contributed by atoms with E-state index in [1.54, 1.807) is 31.2 Å². The molecule has 0 saturated heterocycles. The molecule has 0 spiro atoms. The maximum atomic E-state index is 14.7. The lowest BCUT2D eigenvalue weighted by molar-refractivity contribution is 0.0730. The zero-order chi connectivity index (χ0) is 20.7. The van der Waals surface area contributed by atoms with Crippen LogP contribution in [0.1, 0.15) is 39.6 Å². The Hall–Kier alpha value is -2.90. The molecule has 0 aliphatic carbocycles. The van der Waals surface area contributed by atoms with Crippen LogP contribution in [0.3, 0.4) is 0 Å². The number of aliphatic hydroxyl groups is 1. The fourth-order valence-electron chi connectivity index (χ4n) is 3.75. The molecule has 3 N–H and O–H groups in total. The number of nitrogens with zero attached hydrogens (tertiary/aromatic N) is 2. The number of benzene rings is 2. The van der Waals surface area contributed by atoms with Gasteiger partial charge in [0.2, 0.25) is 0 Å². The maximum absolute atomic E-state index is 14.7. The summed E-state index contributed by atoms with van der Waals surface area (Å²) in [5, 5.41) is 27.2. The van der Waals surface area contributed by atoms with E-state index in [0.717, 1.165) is 0 Å². The minimum absolute atomic E-state index is 0.0326. The molecule has 2 heterocycles. The molecule has 0 unspecified atom stereocenters. The van der Waals surface area contributed by atoms with Gasteiger partial charge in [-0.05, 0) is 37.1 Å². The third-order valence-corrected chi connectivity index (χ3v) is 5.56. The maximum Gasteiger partial charge on any atom is 0.273 e. The summed E-state index contributed by atoms with van der Waals surface area (Å²) < 4.78 is 14.7. The molecule has 6 nitrogen and oxygen atoms in total. The largest absolute Gasteiger partial charge is 0.507 e. The highest BCUT2D eigenvalue weighted by atomic mass is 35.5. The Labute approximate surface area is 171 Å². The monoisotopic (exact) mass is 415 g/mol. The summed E-state index contributed by atoms with van der Waals surface area (Å²) in [6.07, 6.45) is 0.353. The number of aromatic amines is 1. The highest BCUT2D eigenvalue weighted by Crippen LogP contribution is 2.45. The first kappa shape index (κ1) is 19.4. The van der Waals surface area contributed by atoms with Gasteiger partial charge in [-0.25, -0.2) is 4.39 Å². The van der Waals surface area contributed by atoms with Gasteiger partial charge in [0.1, 0.15) is 23.0 Å². The van der Waals surface area contributed by atoms with Gasteiger partial charge in [0.05, 0.1) is 6.04 Å². The lowest BCUT2D eigenvalue weighted by Crippen LogP contribution is -2.31. The van der Waals surface area contributed by atoms with Crippen LogP contribution in [0.4, 0.5) is 4.39 Å². The fourth-order valence-corrected chi connectivity index (χ4v) is 3.91. The van der Waals surface area contributed by atoms with E-state index in [9.17, 15) is 19.4 Å². The van der Waals surface area contributed by atoms with Crippen LogP contribution in [-0.4, -0.2) is 44.4 Å². The van der Waals surface area contributed by atoms with Crippen molar-refractivity contribution in [3.8, 4) is 17.0 Å². The van der Waals surface area contributed by atoms with E-state index in [0.29, 0.717) is 39.4 Å². The number of carbonyl (C=O) groups excluding carboxylic acids is 1. The summed E-state index contributed by atoms with van der Waals surface area (Å²) in [5.74, 6) is -0.821. The molecule has 1 aromatic heterocycles. The number of fused-ring (bicyclic) bond motifs is 1. The number of nitrogens with one attached hydrogen (secondary N) is 1. The van der Waals surface area contributed by atoms with Gasteiger partial charge >= 0.3 is 0 Å². The van der Waals surface area contributed by atoms with Crippen LogP contribution in [0.15, 0.2) is 36.4 Å². The molecule has 150 valence electrons. The van der Waals surface area contributed by atoms with Crippen molar-refractivity contribution in [3.05, 3.63) is 69.6 Å². The van der Waals surface area contributed by atoms with Crippen molar-refractivity contribution in [2.75, 3.05) is 13.2 Å². The molecule has 1 aliphatic rings. The zero-order valence-electron chi connectivity index (χ0n) is 15.6. The Morgan fingerprint density at radius 2 is 2.07 bits per heavy atom. The van der Waals surface area contributed by atoms with Gasteiger partial charge in [-0.15, -0.1) is 0 Å². The number of hydrogen-bond acceptors (Lipinski definition) is 4. The zero-order valence-corrected chi connectivity index (χ0v) is 16.4. The van der Waals surface area contributed by atoms with Crippen LogP contribution >= 0.6 is 11.6 Å². The van der Waals surface area contributed by atoms with Crippen LogP contribution in [0.5, 0.6) is 5.75 Å². The van der Waals surface area contributed by atoms with Crippen molar-refractivity contribution < 1.29 is 19.4 Å². The number of H-pyrrole nitrogens is 1. The molecule has 1 amide bonds. The molecule has 4 rings (SSSR count). The van der Waals surface area contributed by atoms with Crippen molar-refractivity contribution in [3.63, 3.8) is 0 Å². The van der Waals surface area contributed by atoms with Crippen LogP contribution in [0.25, 0.3) is 11.3 Å². The van der Waals surface area contributed by atoms with E-state index in [-0.39, 0.29) is 30.5 Å². The number of aliphatic hydroxyl groups excluding tert-OH is 1. The molecule has 0 radical (unpaired) electrons. The van der Waals surface area contributed by atoms with E-state index in [4.69, 9.17) is 11.6 Å². The molecule has 0 bridgehead atoms. The van der Waals surface area contributed by atoms with Gasteiger partial charge in [0, 0.05) is 34.9 Å².